The average Bonchev–Trinajstić information content (AvgIpc) is 2.91. The molecule has 2 saturated carbocycles. The molecular formula is C15H24O2. The highest BCUT2D eigenvalue weighted by Gasteiger charge is 2.61. The highest BCUT2D eigenvalue weighted by Crippen LogP contribution is 2.60. The summed E-state index contributed by atoms with van der Waals surface area (Å²) < 4.78 is 5.79. The van der Waals surface area contributed by atoms with Crippen LogP contribution < -0.4 is 0 Å². The lowest BCUT2D eigenvalue weighted by Crippen LogP contribution is -2.45. The van der Waals surface area contributed by atoms with E-state index in [0.717, 1.165) is 19.3 Å². The fourth-order valence-corrected chi connectivity index (χ4v) is 4.03. The van der Waals surface area contributed by atoms with Crippen molar-refractivity contribution in [2.75, 3.05) is 0 Å². The van der Waals surface area contributed by atoms with E-state index in [9.17, 15) is 5.11 Å². The van der Waals surface area contributed by atoms with Crippen LogP contribution in [0.2, 0.25) is 0 Å². The molecule has 2 aliphatic carbocycles. The first-order chi connectivity index (χ1) is 7.84. The van der Waals surface area contributed by atoms with Crippen molar-refractivity contribution in [2.24, 2.45) is 17.3 Å². The molecule has 0 aromatic rings. The molecule has 3 fully saturated rings. The van der Waals surface area contributed by atoms with Crippen LogP contribution in [0.25, 0.3) is 0 Å². The van der Waals surface area contributed by atoms with E-state index in [4.69, 9.17) is 4.74 Å². The molecule has 1 heterocycles. The highest BCUT2D eigenvalue weighted by atomic mass is 16.6. The molecule has 96 valence electrons. The van der Waals surface area contributed by atoms with Crippen LogP contribution in [0.4, 0.5) is 0 Å². The number of aliphatic hydroxyl groups is 1. The van der Waals surface area contributed by atoms with E-state index in [2.05, 4.69) is 27.4 Å². The molecule has 0 unspecified atom stereocenters. The third kappa shape index (κ3) is 1.61. The van der Waals surface area contributed by atoms with E-state index in [0.29, 0.717) is 17.3 Å². The molecular weight excluding hydrogens is 212 g/mol. The van der Waals surface area contributed by atoms with Gasteiger partial charge in [0.25, 0.3) is 0 Å². The van der Waals surface area contributed by atoms with E-state index < -0.39 is 0 Å². The summed E-state index contributed by atoms with van der Waals surface area (Å²) in [4.78, 5) is 0. The molecule has 0 radical (unpaired) electrons. The second-order valence-corrected chi connectivity index (χ2v) is 7.14. The Morgan fingerprint density at radius 1 is 1.35 bits per heavy atom. The molecule has 1 saturated heterocycles. The van der Waals surface area contributed by atoms with Crippen LogP contribution in [-0.4, -0.2) is 22.9 Å². The molecule has 17 heavy (non-hydrogen) atoms. The molecule has 3 aliphatic rings. The Hall–Kier alpha value is -0.340. The zero-order valence-electron chi connectivity index (χ0n) is 11.2. The Bertz CT molecular complexity index is 360. The molecule has 0 amide bonds. The van der Waals surface area contributed by atoms with E-state index in [1.54, 1.807) is 0 Å². The van der Waals surface area contributed by atoms with Gasteiger partial charge in [0, 0.05) is 0 Å². The first-order valence-corrected chi connectivity index (χ1v) is 6.88. The molecule has 1 aliphatic heterocycles. The predicted octanol–water partition coefficient (Wildman–Crippen LogP) is 2.91. The molecule has 0 spiro atoms. The van der Waals surface area contributed by atoms with Crippen molar-refractivity contribution in [2.45, 2.75) is 64.3 Å². The standard InChI is InChI=1S/C15H24O2/c1-9-5-6-12(16)15(4)13(17-15)7-11-10(9)8-14(11,2)3/h10-13,16H,1,5-8H2,2-4H3/t10-,11-,12-,13-,15+/m1/s1. The maximum Gasteiger partial charge on any atom is 0.118 e. The smallest absolute Gasteiger partial charge is 0.118 e. The van der Waals surface area contributed by atoms with Crippen molar-refractivity contribution in [1.29, 1.82) is 0 Å². The Kier molecular flexibility index (Phi) is 2.32. The minimum atomic E-state index is -0.315. The minimum absolute atomic E-state index is 0.263. The summed E-state index contributed by atoms with van der Waals surface area (Å²) in [7, 11) is 0. The van der Waals surface area contributed by atoms with Crippen molar-refractivity contribution in [3.63, 3.8) is 0 Å². The fraction of sp³-hybridized carbons (Fsp3) is 0.867. The quantitative estimate of drug-likeness (QED) is 0.518. The van der Waals surface area contributed by atoms with Gasteiger partial charge < -0.3 is 9.84 Å². The number of fused-ring (bicyclic) bond motifs is 2. The maximum atomic E-state index is 10.2. The SMILES string of the molecule is C=C1CC[C@@H](O)[C@]2(C)O[C@@H]2C[C@@H]2[C@@H]1CC2(C)C. The van der Waals surface area contributed by atoms with Gasteiger partial charge in [-0.3, -0.25) is 0 Å². The van der Waals surface area contributed by atoms with Crippen LogP contribution in [-0.2, 0) is 4.74 Å². The van der Waals surface area contributed by atoms with Gasteiger partial charge in [0.15, 0.2) is 0 Å². The van der Waals surface area contributed by atoms with Crippen LogP contribution in [0.5, 0.6) is 0 Å². The summed E-state index contributed by atoms with van der Waals surface area (Å²) in [5.41, 5.74) is 1.52. The number of rotatable bonds is 0. The zero-order chi connectivity index (χ0) is 12.4. The van der Waals surface area contributed by atoms with E-state index in [1.807, 2.05) is 0 Å². The number of hydrogen-bond donors (Lipinski definition) is 1. The molecule has 0 aromatic carbocycles. The molecule has 0 bridgehead atoms. The van der Waals surface area contributed by atoms with Gasteiger partial charge in [-0.1, -0.05) is 26.0 Å². The zero-order valence-corrected chi connectivity index (χ0v) is 11.2. The van der Waals surface area contributed by atoms with Crippen LogP contribution in [0.3, 0.4) is 0 Å². The molecule has 0 aromatic heterocycles. The third-order valence-corrected chi connectivity index (χ3v) is 5.61. The lowest BCUT2D eigenvalue weighted by Gasteiger charge is -2.52. The van der Waals surface area contributed by atoms with Crippen molar-refractivity contribution >= 4 is 0 Å². The van der Waals surface area contributed by atoms with E-state index >= 15 is 0 Å². The number of ether oxygens (including phenoxy) is 1. The fourth-order valence-electron chi connectivity index (χ4n) is 4.03. The van der Waals surface area contributed by atoms with Gasteiger partial charge in [-0.15, -0.1) is 0 Å². The van der Waals surface area contributed by atoms with Gasteiger partial charge in [-0.05, 0) is 49.9 Å². The summed E-state index contributed by atoms with van der Waals surface area (Å²) in [6.07, 6.45) is 4.10. The Morgan fingerprint density at radius 3 is 2.71 bits per heavy atom. The second-order valence-electron chi connectivity index (χ2n) is 7.14. The van der Waals surface area contributed by atoms with Gasteiger partial charge in [0.05, 0.1) is 12.2 Å². The molecule has 5 atom stereocenters. The lowest BCUT2D eigenvalue weighted by atomic mass is 9.52. The van der Waals surface area contributed by atoms with E-state index in [-0.39, 0.29) is 17.8 Å². The van der Waals surface area contributed by atoms with Crippen molar-refractivity contribution in [3.8, 4) is 0 Å². The first-order valence-electron chi connectivity index (χ1n) is 6.88. The second kappa shape index (κ2) is 3.36. The van der Waals surface area contributed by atoms with Gasteiger partial charge in [0.2, 0.25) is 0 Å². The molecule has 2 heteroatoms. The summed E-state index contributed by atoms with van der Waals surface area (Å²) in [5.74, 6) is 1.37. The Labute approximate surface area is 104 Å². The summed E-state index contributed by atoms with van der Waals surface area (Å²) in [5, 5.41) is 10.2. The number of hydrogen-bond acceptors (Lipinski definition) is 2. The normalized spacial score (nSPS) is 52.4. The van der Waals surface area contributed by atoms with Crippen LogP contribution in [0.1, 0.15) is 46.5 Å². The molecule has 3 rings (SSSR count). The topological polar surface area (TPSA) is 32.8 Å². The van der Waals surface area contributed by atoms with Crippen molar-refractivity contribution < 1.29 is 9.84 Å². The number of allylic oxidation sites excluding steroid dienone is 1. The Morgan fingerprint density at radius 2 is 2.06 bits per heavy atom. The van der Waals surface area contributed by atoms with Gasteiger partial charge in [-0.2, -0.15) is 0 Å². The van der Waals surface area contributed by atoms with Crippen molar-refractivity contribution in [3.05, 3.63) is 12.2 Å². The first kappa shape index (κ1) is 11.7. The lowest BCUT2D eigenvalue weighted by molar-refractivity contribution is -0.00279. The minimum Gasteiger partial charge on any atom is -0.390 e. The van der Waals surface area contributed by atoms with Crippen LogP contribution in [0, 0.1) is 17.3 Å². The summed E-state index contributed by atoms with van der Waals surface area (Å²) in [6.45, 7) is 11.0. The molecule has 1 N–H and O–H groups in total. The summed E-state index contributed by atoms with van der Waals surface area (Å²) in [6, 6.07) is 0. The highest BCUT2D eigenvalue weighted by molar-refractivity contribution is 5.18. The maximum absolute atomic E-state index is 10.2. The van der Waals surface area contributed by atoms with Crippen molar-refractivity contribution in [1.82, 2.24) is 0 Å². The van der Waals surface area contributed by atoms with Crippen LogP contribution >= 0.6 is 0 Å². The largest absolute Gasteiger partial charge is 0.390 e. The predicted molar refractivity (Wildman–Crippen MR) is 67.7 cm³/mol. The number of epoxide rings is 1. The third-order valence-electron chi connectivity index (χ3n) is 5.61. The molecule has 2 nitrogen and oxygen atoms in total. The van der Waals surface area contributed by atoms with Crippen LogP contribution in [0.15, 0.2) is 12.2 Å². The van der Waals surface area contributed by atoms with Gasteiger partial charge in [-0.25, -0.2) is 0 Å². The van der Waals surface area contributed by atoms with Gasteiger partial charge in [0.1, 0.15) is 5.60 Å². The summed E-state index contributed by atoms with van der Waals surface area (Å²) >= 11 is 0. The van der Waals surface area contributed by atoms with E-state index in [1.165, 1.54) is 12.0 Å². The number of aliphatic hydroxyl groups excluding tert-OH is 1. The van der Waals surface area contributed by atoms with Gasteiger partial charge >= 0.3 is 0 Å². The average molecular weight is 236 g/mol. The monoisotopic (exact) mass is 236 g/mol. The Balaban J connectivity index is 1.83.